The molecule has 0 radical (unpaired) electrons. The molecule has 2 N–H and O–H groups in total. The molecule has 0 bridgehead atoms. The number of hydrogen-bond acceptors (Lipinski definition) is 3. The molecule has 0 atom stereocenters. The highest BCUT2D eigenvalue weighted by Crippen LogP contribution is 2.18. The summed E-state index contributed by atoms with van der Waals surface area (Å²) in [4.78, 5) is 31.1. The Morgan fingerprint density at radius 3 is 2.47 bits per heavy atom. The largest absolute Gasteiger partial charge is 0.350 e. The SMILES string of the molecule is CCc1ccc(NC(=O)N(C)Cc2nc3cc(C(=O)NC(C)C)ccc3n2C)cc1. The van der Waals surface area contributed by atoms with E-state index in [1.165, 1.54) is 5.56 Å². The fourth-order valence-corrected chi connectivity index (χ4v) is 3.20. The summed E-state index contributed by atoms with van der Waals surface area (Å²) in [5.41, 5.74) is 4.20. The number of urea groups is 1. The van der Waals surface area contributed by atoms with Crippen molar-refractivity contribution in [1.82, 2.24) is 19.8 Å². The maximum atomic E-state index is 12.6. The minimum atomic E-state index is -0.205. The summed E-state index contributed by atoms with van der Waals surface area (Å²) in [5, 5.41) is 5.79. The van der Waals surface area contributed by atoms with Crippen LogP contribution in [0.1, 0.15) is 42.5 Å². The Bertz CT molecular complexity index is 1050. The van der Waals surface area contributed by atoms with Gasteiger partial charge in [-0.3, -0.25) is 4.79 Å². The number of fused-ring (bicyclic) bond motifs is 1. The van der Waals surface area contributed by atoms with Gasteiger partial charge in [-0.2, -0.15) is 0 Å². The van der Waals surface area contributed by atoms with Gasteiger partial charge in [0.1, 0.15) is 5.82 Å². The number of imidazole rings is 1. The van der Waals surface area contributed by atoms with E-state index in [0.717, 1.165) is 29.0 Å². The zero-order chi connectivity index (χ0) is 21.8. The van der Waals surface area contributed by atoms with Gasteiger partial charge in [-0.1, -0.05) is 19.1 Å². The molecule has 1 aromatic heterocycles. The highest BCUT2D eigenvalue weighted by atomic mass is 16.2. The second-order valence-corrected chi connectivity index (χ2v) is 7.76. The predicted molar refractivity (Wildman–Crippen MR) is 120 cm³/mol. The molecule has 7 nitrogen and oxygen atoms in total. The fourth-order valence-electron chi connectivity index (χ4n) is 3.20. The molecule has 0 aliphatic rings. The number of aromatic nitrogens is 2. The lowest BCUT2D eigenvalue weighted by Gasteiger charge is -2.18. The first-order chi connectivity index (χ1) is 14.3. The Labute approximate surface area is 177 Å². The molecule has 3 aromatic rings. The maximum absolute atomic E-state index is 12.6. The van der Waals surface area contributed by atoms with Crippen molar-refractivity contribution in [2.24, 2.45) is 7.05 Å². The van der Waals surface area contributed by atoms with Crippen LogP contribution in [-0.4, -0.2) is 39.5 Å². The van der Waals surface area contributed by atoms with Crippen molar-refractivity contribution in [3.63, 3.8) is 0 Å². The van der Waals surface area contributed by atoms with E-state index in [0.29, 0.717) is 12.1 Å². The van der Waals surface area contributed by atoms with Crippen LogP contribution >= 0.6 is 0 Å². The molecule has 0 aliphatic carbocycles. The third-order valence-electron chi connectivity index (χ3n) is 4.99. The normalized spacial score (nSPS) is 11.0. The molecule has 158 valence electrons. The minimum Gasteiger partial charge on any atom is -0.350 e. The van der Waals surface area contributed by atoms with Crippen molar-refractivity contribution in [2.45, 2.75) is 39.8 Å². The van der Waals surface area contributed by atoms with Crippen molar-refractivity contribution >= 4 is 28.7 Å². The van der Waals surface area contributed by atoms with Crippen LogP contribution in [0, 0.1) is 0 Å². The Balaban J connectivity index is 1.73. The molecule has 3 amide bonds. The number of amides is 3. The molecule has 3 rings (SSSR count). The third kappa shape index (κ3) is 4.79. The number of rotatable bonds is 6. The van der Waals surface area contributed by atoms with Crippen LogP contribution in [0.25, 0.3) is 11.0 Å². The average Bonchev–Trinajstić information content (AvgIpc) is 3.02. The predicted octanol–water partition coefficient (Wildman–Crippen LogP) is 3.94. The Morgan fingerprint density at radius 2 is 1.83 bits per heavy atom. The van der Waals surface area contributed by atoms with E-state index in [1.54, 1.807) is 24.1 Å². The number of nitrogens with one attached hydrogen (secondary N) is 2. The van der Waals surface area contributed by atoms with Crippen molar-refractivity contribution in [3.05, 3.63) is 59.4 Å². The summed E-state index contributed by atoms with van der Waals surface area (Å²) in [7, 11) is 3.64. The van der Waals surface area contributed by atoms with Gasteiger partial charge in [-0.25, -0.2) is 9.78 Å². The first kappa shape index (κ1) is 21.4. The first-order valence-corrected chi connectivity index (χ1v) is 10.2. The summed E-state index contributed by atoms with van der Waals surface area (Å²) in [6.07, 6.45) is 0.960. The third-order valence-corrected chi connectivity index (χ3v) is 4.99. The van der Waals surface area contributed by atoms with Gasteiger partial charge in [0.25, 0.3) is 5.91 Å². The van der Waals surface area contributed by atoms with Crippen LogP contribution in [0.15, 0.2) is 42.5 Å². The maximum Gasteiger partial charge on any atom is 0.321 e. The van der Waals surface area contributed by atoms with E-state index in [-0.39, 0.29) is 18.0 Å². The van der Waals surface area contributed by atoms with Gasteiger partial charge in [0.15, 0.2) is 0 Å². The lowest BCUT2D eigenvalue weighted by molar-refractivity contribution is 0.0943. The Hall–Kier alpha value is -3.35. The summed E-state index contributed by atoms with van der Waals surface area (Å²) in [6, 6.07) is 13.2. The van der Waals surface area contributed by atoms with Crippen molar-refractivity contribution in [2.75, 3.05) is 12.4 Å². The first-order valence-electron chi connectivity index (χ1n) is 10.2. The molecule has 0 fully saturated rings. The standard InChI is InChI=1S/C23H29N5O2/c1-6-16-7-10-18(11-8-16)25-23(30)27(4)14-21-26-19-13-17(22(29)24-15(2)3)9-12-20(19)28(21)5/h7-13,15H,6,14H2,1-5H3,(H,24,29)(H,25,30). The molecule has 7 heteroatoms. The fraction of sp³-hybridized carbons (Fsp3) is 0.348. The second kappa shape index (κ2) is 8.98. The van der Waals surface area contributed by atoms with Gasteiger partial charge in [-0.05, 0) is 56.2 Å². The molecular formula is C23H29N5O2. The zero-order valence-corrected chi connectivity index (χ0v) is 18.2. The van der Waals surface area contributed by atoms with E-state index in [4.69, 9.17) is 0 Å². The Kier molecular flexibility index (Phi) is 6.40. The highest BCUT2D eigenvalue weighted by Gasteiger charge is 2.16. The zero-order valence-electron chi connectivity index (χ0n) is 18.2. The van der Waals surface area contributed by atoms with Crippen LogP contribution in [-0.2, 0) is 20.0 Å². The number of nitrogens with zero attached hydrogens (tertiary/aromatic N) is 3. The van der Waals surface area contributed by atoms with Crippen molar-refractivity contribution < 1.29 is 9.59 Å². The number of anilines is 1. The number of hydrogen-bond donors (Lipinski definition) is 2. The molecule has 0 aliphatic heterocycles. The lowest BCUT2D eigenvalue weighted by atomic mass is 10.1. The van der Waals surface area contributed by atoms with Crippen LogP contribution in [0.4, 0.5) is 10.5 Å². The van der Waals surface area contributed by atoms with Gasteiger partial charge >= 0.3 is 6.03 Å². The van der Waals surface area contributed by atoms with Crippen LogP contribution in [0.5, 0.6) is 0 Å². The van der Waals surface area contributed by atoms with Gasteiger partial charge in [0.05, 0.1) is 17.6 Å². The van der Waals surface area contributed by atoms with E-state index < -0.39 is 0 Å². The number of benzene rings is 2. The average molecular weight is 408 g/mol. The van der Waals surface area contributed by atoms with Crippen molar-refractivity contribution in [3.8, 4) is 0 Å². The topological polar surface area (TPSA) is 79.3 Å². The van der Waals surface area contributed by atoms with Crippen LogP contribution in [0.2, 0.25) is 0 Å². The van der Waals surface area contributed by atoms with E-state index >= 15 is 0 Å². The summed E-state index contributed by atoms with van der Waals surface area (Å²) >= 11 is 0. The van der Waals surface area contributed by atoms with E-state index in [2.05, 4.69) is 22.5 Å². The number of carbonyl (C=O) groups excluding carboxylic acids is 2. The minimum absolute atomic E-state index is 0.0674. The quantitative estimate of drug-likeness (QED) is 0.650. The summed E-state index contributed by atoms with van der Waals surface area (Å²) in [6.45, 7) is 6.29. The molecule has 1 heterocycles. The van der Waals surface area contributed by atoms with E-state index in [9.17, 15) is 9.59 Å². The monoisotopic (exact) mass is 407 g/mol. The molecule has 30 heavy (non-hydrogen) atoms. The van der Waals surface area contributed by atoms with Gasteiger partial charge in [-0.15, -0.1) is 0 Å². The van der Waals surface area contributed by atoms with Gasteiger partial charge < -0.3 is 20.1 Å². The molecule has 0 unspecified atom stereocenters. The molecule has 0 saturated heterocycles. The molecular weight excluding hydrogens is 378 g/mol. The molecule has 0 spiro atoms. The summed E-state index contributed by atoms with van der Waals surface area (Å²) in [5.74, 6) is 0.620. The van der Waals surface area contributed by atoms with E-state index in [1.807, 2.05) is 55.8 Å². The summed E-state index contributed by atoms with van der Waals surface area (Å²) < 4.78 is 1.94. The van der Waals surface area contributed by atoms with Crippen LogP contribution < -0.4 is 10.6 Å². The van der Waals surface area contributed by atoms with Crippen LogP contribution in [0.3, 0.4) is 0 Å². The molecule has 2 aromatic carbocycles. The highest BCUT2D eigenvalue weighted by molar-refractivity contribution is 5.97. The number of aryl methyl sites for hydroxylation is 2. The molecule has 0 saturated carbocycles. The lowest BCUT2D eigenvalue weighted by Crippen LogP contribution is -2.31. The van der Waals surface area contributed by atoms with Gasteiger partial charge in [0, 0.05) is 31.4 Å². The Morgan fingerprint density at radius 1 is 1.13 bits per heavy atom. The van der Waals surface area contributed by atoms with Crippen molar-refractivity contribution in [1.29, 1.82) is 0 Å². The number of carbonyl (C=O) groups is 2. The second-order valence-electron chi connectivity index (χ2n) is 7.76. The van der Waals surface area contributed by atoms with Gasteiger partial charge in [0.2, 0.25) is 0 Å². The smallest absolute Gasteiger partial charge is 0.321 e.